The Morgan fingerprint density at radius 1 is 1.10 bits per heavy atom. The SMILES string of the molecule is CCc1ccc(-n2sc3c(c2=S)-c2cc(OC)cc4c2N(C(=O)C4=O)C3(C)C)cc1. The van der Waals surface area contributed by atoms with Crippen LogP contribution in [0, 0.1) is 4.64 Å². The molecule has 152 valence electrons. The lowest BCUT2D eigenvalue weighted by molar-refractivity contribution is -0.115. The van der Waals surface area contributed by atoms with E-state index in [0.29, 0.717) is 21.6 Å². The largest absolute Gasteiger partial charge is 0.497 e. The number of rotatable bonds is 3. The summed E-state index contributed by atoms with van der Waals surface area (Å²) in [4.78, 5) is 28.3. The molecule has 0 unspecified atom stereocenters. The van der Waals surface area contributed by atoms with Crippen molar-refractivity contribution in [3.63, 3.8) is 0 Å². The molecular formula is C23H20N2O3S2. The van der Waals surface area contributed by atoms with Crippen molar-refractivity contribution in [2.75, 3.05) is 12.0 Å². The van der Waals surface area contributed by atoms with Gasteiger partial charge in [0.15, 0.2) is 0 Å². The summed E-state index contributed by atoms with van der Waals surface area (Å²) in [6, 6.07) is 11.9. The Morgan fingerprint density at radius 3 is 2.40 bits per heavy atom. The number of aryl methyl sites for hydroxylation is 1. The smallest absolute Gasteiger partial charge is 0.300 e. The van der Waals surface area contributed by atoms with Crippen LogP contribution < -0.4 is 9.64 Å². The van der Waals surface area contributed by atoms with Gasteiger partial charge < -0.3 is 4.74 Å². The van der Waals surface area contributed by atoms with Crippen LogP contribution >= 0.6 is 23.8 Å². The van der Waals surface area contributed by atoms with Crippen LogP contribution in [0.5, 0.6) is 5.75 Å². The Hall–Kier alpha value is -2.77. The molecule has 0 spiro atoms. The Morgan fingerprint density at radius 2 is 1.77 bits per heavy atom. The van der Waals surface area contributed by atoms with Gasteiger partial charge in [-0.15, -0.1) is 0 Å². The van der Waals surface area contributed by atoms with Crippen LogP contribution in [0.3, 0.4) is 0 Å². The molecule has 0 saturated carbocycles. The molecule has 1 amide bonds. The summed E-state index contributed by atoms with van der Waals surface area (Å²) < 4.78 is 8.13. The topological polar surface area (TPSA) is 51.5 Å². The van der Waals surface area contributed by atoms with Crippen molar-refractivity contribution in [3.8, 4) is 22.6 Å². The van der Waals surface area contributed by atoms with Gasteiger partial charge in [-0.25, -0.2) is 0 Å². The highest BCUT2D eigenvalue weighted by Gasteiger charge is 2.51. The summed E-state index contributed by atoms with van der Waals surface area (Å²) in [6.07, 6.45) is 0.973. The fraction of sp³-hybridized carbons (Fsp3) is 0.261. The van der Waals surface area contributed by atoms with Crippen LogP contribution in [0.15, 0.2) is 36.4 Å². The Labute approximate surface area is 183 Å². The Kier molecular flexibility index (Phi) is 4.07. The van der Waals surface area contributed by atoms with Gasteiger partial charge in [-0.1, -0.05) is 42.8 Å². The normalized spacial score (nSPS) is 15.9. The van der Waals surface area contributed by atoms with E-state index in [1.807, 2.05) is 23.9 Å². The van der Waals surface area contributed by atoms with Crippen LogP contribution in [0.25, 0.3) is 16.8 Å². The minimum Gasteiger partial charge on any atom is -0.497 e. The van der Waals surface area contributed by atoms with Gasteiger partial charge in [-0.2, -0.15) is 0 Å². The molecule has 0 radical (unpaired) electrons. The number of Topliss-reactive ketones (excluding diaryl/α,β-unsaturated/α-hetero) is 1. The first-order chi connectivity index (χ1) is 14.3. The summed E-state index contributed by atoms with van der Waals surface area (Å²) in [5.74, 6) is -0.465. The number of amides is 1. The zero-order valence-electron chi connectivity index (χ0n) is 17.1. The molecule has 0 aliphatic carbocycles. The van der Waals surface area contributed by atoms with Crippen molar-refractivity contribution < 1.29 is 14.3 Å². The van der Waals surface area contributed by atoms with Gasteiger partial charge >= 0.3 is 0 Å². The number of fused-ring (bicyclic) bond motifs is 2. The zero-order valence-corrected chi connectivity index (χ0v) is 18.7. The van der Waals surface area contributed by atoms with Gasteiger partial charge in [-0.05, 0) is 50.1 Å². The second kappa shape index (κ2) is 6.36. The summed E-state index contributed by atoms with van der Waals surface area (Å²) in [5, 5.41) is 0. The molecule has 0 atom stereocenters. The van der Waals surface area contributed by atoms with Gasteiger partial charge in [-0.3, -0.25) is 18.4 Å². The number of nitrogens with zero attached hydrogens (tertiary/aromatic N) is 2. The molecular weight excluding hydrogens is 416 g/mol. The molecule has 0 fully saturated rings. The molecule has 7 heteroatoms. The van der Waals surface area contributed by atoms with Crippen molar-refractivity contribution in [2.45, 2.75) is 32.7 Å². The van der Waals surface area contributed by atoms with Crippen LogP contribution in [0.1, 0.15) is 41.6 Å². The lowest BCUT2D eigenvalue weighted by Crippen LogP contribution is -2.46. The van der Waals surface area contributed by atoms with Gasteiger partial charge in [0.25, 0.3) is 11.7 Å². The van der Waals surface area contributed by atoms with Gasteiger partial charge in [0.2, 0.25) is 0 Å². The fourth-order valence-corrected chi connectivity index (χ4v) is 6.04. The monoisotopic (exact) mass is 436 g/mol. The number of aromatic nitrogens is 1. The van der Waals surface area contributed by atoms with Crippen LogP contribution in [0.4, 0.5) is 5.69 Å². The quantitative estimate of drug-likeness (QED) is 0.414. The maximum absolute atomic E-state index is 12.9. The van der Waals surface area contributed by atoms with Crippen molar-refractivity contribution in [1.82, 2.24) is 3.96 Å². The standard InChI is InChI=1S/C23H20N2O3S2/c1-5-12-6-8-13(9-7-12)25-22(29)17-15-10-14(28-4)11-16-18(15)24(21(27)19(16)26)23(2,3)20(17)30-25/h6-11H,5H2,1-4H3. The molecule has 5 nitrogen and oxygen atoms in total. The van der Waals surface area contributed by atoms with E-state index >= 15 is 0 Å². The summed E-state index contributed by atoms with van der Waals surface area (Å²) in [5.41, 5.74) is 4.26. The number of anilines is 1. The van der Waals surface area contributed by atoms with E-state index < -0.39 is 17.2 Å². The molecule has 2 aliphatic heterocycles. The first-order valence-electron chi connectivity index (χ1n) is 9.77. The predicted octanol–water partition coefficient (Wildman–Crippen LogP) is 5.28. The number of carbonyl (C=O) groups is 2. The van der Waals surface area contributed by atoms with Gasteiger partial charge in [0.1, 0.15) is 10.4 Å². The average Bonchev–Trinajstić information content (AvgIpc) is 3.23. The van der Waals surface area contributed by atoms with Gasteiger partial charge in [0.05, 0.1) is 34.5 Å². The first-order valence-corrected chi connectivity index (χ1v) is 10.9. The third-order valence-corrected chi connectivity index (χ3v) is 7.92. The minimum atomic E-state index is -0.693. The highest BCUT2D eigenvalue weighted by Crippen LogP contribution is 2.55. The van der Waals surface area contributed by atoms with Crippen LogP contribution in [0.2, 0.25) is 0 Å². The van der Waals surface area contributed by atoms with Crippen molar-refractivity contribution in [3.05, 3.63) is 57.0 Å². The van der Waals surface area contributed by atoms with Crippen LogP contribution in [-0.2, 0) is 16.8 Å². The van der Waals surface area contributed by atoms with E-state index in [9.17, 15) is 9.59 Å². The van der Waals surface area contributed by atoms with Crippen molar-refractivity contribution >= 4 is 41.1 Å². The second-order valence-electron chi connectivity index (χ2n) is 8.01. The molecule has 2 aromatic carbocycles. The van der Waals surface area contributed by atoms with E-state index in [0.717, 1.165) is 28.1 Å². The fourth-order valence-electron chi connectivity index (χ4n) is 4.35. The second-order valence-corrected chi connectivity index (χ2v) is 9.36. The molecule has 2 aliphatic rings. The van der Waals surface area contributed by atoms with E-state index in [1.165, 1.54) is 17.1 Å². The number of methoxy groups -OCH3 is 1. The summed E-state index contributed by atoms with van der Waals surface area (Å²) in [7, 11) is 1.55. The molecule has 1 aromatic heterocycles. The Balaban J connectivity index is 1.83. The Bertz CT molecular complexity index is 1300. The number of ketones is 1. The van der Waals surface area contributed by atoms with Crippen molar-refractivity contribution in [2.24, 2.45) is 0 Å². The maximum atomic E-state index is 12.9. The number of carbonyl (C=O) groups excluding carboxylic acids is 2. The van der Waals surface area contributed by atoms with Crippen molar-refractivity contribution in [1.29, 1.82) is 0 Å². The average molecular weight is 437 g/mol. The molecule has 5 rings (SSSR count). The van der Waals surface area contributed by atoms with E-state index in [4.69, 9.17) is 17.0 Å². The summed E-state index contributed by atoms with van der Waals surface area (Å²) >= 11 is 7.44. The molecule has 0 N–H and O–H groups in total. The van der Waals surface area contributed by atoms with Crippen LogP contribution in [-0.4, -0.2) is 22.8 Å². The van der Waals surface area contributed by atoms with E-state index in [-0.39, 0.29) is 0 Å². The number of ether oxygens (including phenoxy) is 1. The maximum Gasteiger partial charge on any atom is 0.300 e. The lowest BCUT2D eigenvalue weighted by atomic mass is 9.87. The van der Waals surface area contributed by atoms with E-state index in [1.54, 1.807) is 18.1 Å². The highest BCUT2D eigenvalue weighted by molar-refractivity contribution is 7.71. The third-order valence-electron chi connectivity index (χ3n) is 5.96. The van der Waals surface area contributed by atoms with E-state index in [2.05, 4.69) is 31.2 Å². The minimum absolute atomic E-state index is 0.382. The number of hydrogen-bond donors (Lipinski definition) is 0. The number of benzene rings is 2. The lowest BCUT2D eigenvalue weighted by Gasteiger charge is -2.39. The zero-order chi connectivity index (χ0) is 21.4. The first kappa shape index (κ1) is 19.2. The summed E-state index contributed by atoms with van der Waals surface area (Å²) in [6.45, 7) is 6.06. The molecule has 0 saturated heterocycles. The predicted molar refractivity (Wildman–Crippen MR) is 121 cm³/mol. The molecule has 0 bridgehead atoms. The molecule has 3 heterocycles. The number of hydrogen-bond acceptors (Lipinski definition) is 5. The molecule has 30 heavy (non-hydrogen) atoms. The third kappa shape index (κ3) is 2.36. The van der Waals surface area contributed by atoms with Gasteiger partial charge in [0, 0.05) is 11.1 Å². The molecule has 3 aromatic rings. The highest BCUT2D eigenvalue weighted by atomic mass is 32.1.